The molecule has 10 nitrogen and oxygen atoms in total. The Morgan fingerprint density at radius 2 is 1.90 bits per heavy atom. The topological polar surface area (TPSA) is 131 Å². The van der Waals surface area contributed by atoms with Gasteiger partial charge in [-0.2, -0.15) is 0 Å². The van der Waals surface area contributed by atoms with Crippen LogP contribution in [0, 0.1) is 16.0 Å². The van der Waals surface area contributed by atoms with Gasteiger partial charge in [0.2, 0.25) is 0 Å². The van der Waals surface area contributed by atoms with Crippen molar-refractivity contribution in [3.8, 4) is 0 Å². The Morgan fingerprint density at radius 3 is 2.52 bits per heavy atom. The van der Waals surface area contributed by atoms with Crippen LogP contribution in [0.25, 0.3) is 0 Å². The van der Waals surface area contributed by atoms with Crippen molar-refractivity contribution in [3.05, 3.63) is 33.9 Å². The van der Waals surface area contributed by atoms with Crippen molar-refractivity contribution in [3.63, 3.8) is 0 Å². The van der Waals surface area contributed by atoms with Gasteiger partial charge in [0.25, 0.3) is 11.6 Å². The molecule has 0 aromatic heterocycles. The van der Waals surface area contributed by atoms with Gasteiger partial charge in [0.1, 0.15) is 5.69 Å². The number of urea groups is 1. The summed E-state index contributed by atoms with van der Waals surface area (Å²) in [6.45, 7) is 4.98. The van der Waals surface area contributed by atoms with Crippen molar-refractivity contribution in [2.45, 2.75) is 33.1 Å². The summed E-state index contributed by atoms with van der Waals surface area (Å²) in [6, 6.07) is 3.44. The molecule has 158 valence electrons. The van der Waals surface area contributed by atoms with Crippen LogP contribution in [0.4, 0.5) is 16.2 Å². The number of nitro groups is 1. The molecule has 1 fully saturated rings. The van der Waals surface area contributed by atoms with E-state index < -0.39 is 29.4 Å². The van der Waals surface area contributed by atoms with E-state index in [2.05, 4.69) is 5.32 Å². The van der Waals surface area contributed by atoms with Gasteiger partial charge in [-0.15, -0.1) is 0 Å². The lowest BCUT2D eigenvalue weighted by molar-refractivity contribution is -0.384. The number of hydrogen-bond acceptors (Lipinski definition) is 7. The number of anilines is 1. The van der Waals surface area contributed by atoms with E-state index in [1.165, 1.54) is 12.1 Å². The molecule has 0 atom stereocenters. The second-order valence-corrected chi connectivity index (χ2v) is 7.24. The minimum absolute atomic E-state index is 0.0329. The van der Waals surface area contributed by atoms with E-state index in [0.717, 1.165) is 38.4 Å². The molecule has 29 heavy (non-hydrogen) atoms. The maximum Gasteiger partial charge on any atom is 0.338 e. The molecule has 1 aliphatic rings. The minimum Gasteiger partial charge on any atom is -0.452 e. The molecule has 10 heteroatoms. The van der Waals surface area contributed by atoms with E-state index in [0.29, 0.717) is 12.2 Å². The molecule has 1 heterocycles. The van der Waals surface area contributed by atoms with Gasteiger partial charge in [0.05, 0.1) is 10.5 Å². The number of carbonyl (C=O) groups excluding carboxylic acids is 3. The highest BCUT2D eigenvalue weighted by Gasteiger charge is 2.24. The first-order valence-corrected chi connectivity index (χ1v) is 9.56. The van der Waals surface area contributed by atoms with Crippen LogP contribution in [0.15, 0.2) is 18.2 Å². The van der Waals surface area contributed by atoms with Crippen molar-refractivity contribution in [2.24, 2.45) is 5.92 Å². The molecule has 2 N–H and O–H groups in total. The number of ether oxygens (including phenoxy) is 1. The van der Waals surface area contributed by atoms with Crippen molar-refractivity contribution in [1.82, 2.24) is 10.6 Å². The second-order valence-electron chi connectivity index (χ2n) is 7.24. The van der Waals surface area contributed by atoms with E-state index in [9.17, 15) is 24.5 Å². The van der Waals surface area contributed by atoms with Gasteiger partial charge in [-0.3, -0.25) is 20.2 Å². The van der Waals surface area contributed by atoms with Crippen molar-refractivity contribution in [2.75, 3.05) is 31.1 Å². The van der Waals surface area contributed by atoms with Crippen LogP contribution < -0.4 is 15.5 Å². The van der Waals surface area contributed by atoms with Crippen LogP contribution in [0.2, 0.25) is 0 Å². The molecule has 0 spiro atoms. The third-order valence-electron chi connectivity index (χ3n) is 4.36. The van der Waals surface area contributed by atoms with Gasteiger partial charge in [0.15, 0.2) is 6.61 Å². The van der Waals surface area contributed by atoms with E-state index in [1.54, 1.807) is 0 Å². The number of nitrogens with zero attached hydrogens (tertiary/aromatic N) is 2. The van der Waals surface area contributed by atoms with Gasteiger partial charge in [-0.1, -0.05) is 13.8 Å². The molecule has 0 saturated carbocycles. The minimum atomic E-state index is -0.879. The lowest BCUT2D eigenvalue weighted by Gasteiger charge is -2.28. The number of piperidine rings is 1. The number of nitrogens with one attached hydrogen (secondary N) is 2. The molecule has 2 rings (SSSR count). The number of hydrogen-bond donors (Lipinski definition) is 2. The molecule has 1 aromatic rings. The molecular weight excluding hydrogens is 380 g/mol. The zero-order chi connectivity index (χ0) is 21.4. The molecule has 1 aliphatic heterocycles. The summed E-state index contributed by atoms with van der Waals surface area (Å²) in [5, 5.41) is 16.0. The van der Waals surface area contributed by atoms with Crippen molar-refractivity contribution in [1.29, 1.82) is 0 Å². The number of benzene rings is 1. The van der Waals surface area contributed by atoms with Crippen LogP contribution in [0.5, 0.6) is 0 Å². The third-order valence-corrected chi connectivity index (χ3v) is 4.36. The Hall–Kier alpha value is -3.17. The summed E-state index contributed by atoms with van der Waals surface area (Å²) in [7, 11) is 0. The molecule has 3 amide bonds. The zero-order valence-corrected chi connectivity index (χ0v) is 16.6. The maximum absolute atomic E-state index is 12.2. The maximum atomic E-state index is 12.2. The van der Waals surface area contributed by atoms with Gasteiger partial charge >= 0.3 is 12.0 Å². The highest BCUT2D eigenvalue weighted by molar-refractivity contribution is 5.97. The largest absolute Gasteiger partial charge is 0.452 e. The summed E-state index contributed by atoms with van der Waals surface area (Å²) in [5.74, 6) is -1.45. The number of esters is 1. The summed E-state index contributed by atoms with van der Waals surface area (Å²) >= 11 is 0. The fourth-order valence-corrected chi connectivity index (χ4v) is 2.92. The standard InChI is InChI=1S/C19H26N4O6/c1-13(2)11-20-19(26)21-17(24)12-29-18(25)14-6-7-15(16(10-14)23(27)28)22-8-4-3-5-9-22/h6-7,10,13H,3-5,8-9,11-12H2,1-2H3,(H2,20,21,24,26). The van der Waals surface area contributed by atoms with E-state index in [4.69, 9.17) is 4.74 Å². The van der Waals surface area contributed by atoms with Crippen LogP contribution in [0.1, 0.15) is 43.5 Å². The lowest BCUT2D eigenvalue weighted by Crippen LogP contribution is -2.42. The lowest BCUT2D eigenvalue weighted by atomic mass is 10.1. The molecule has 1 aromatic carbocycles. The van der Waals surface area contributed by atoms with E-state index in [1.807, 2.05) is 24.1 Å². The summed E-state index contributed by atoms with van der Waals surface area (Å²) < 4.78 is 4.87. The highest BCUT2D eigenvalue weighted by Crippen LogP contribution is 2.31. The number of amides is 3. The third kappa shape index (κ3) is 6.74. The van der Waals surface area contributed by atoms with Crippen molar-refractivity contribution < 1.29 is 24.0 Å². The average molecular weight is 406 g/mol. The highest BCUT2D eigenvalue weighted by atomic mass is 16.6. The van der Waals surface area contributed by atoms with Gasteiger partial charge in [-0.25, -0.2) is 9.59 Å². The molecule has 0 aliphatic carbocycles. The zero-order valence-electron chi connectivity index (χ0n) is 16.6. The average Bonchev–Trinajstić information content (AvgIpc) is 2.70. The number of carbonyl (C=O) groups is 3. The Morgan fingerprint density at radius 1 is 1.21 bits per heavy atom. The van der Waals surface area contributed by atoms with E-state index in [-0.39, 0.29) is 17.2 Å². The molecule has 0 radical (unpaired) electrons. The Bertz CT molecular complexity index is 774. The molecular formula is C19H26N4O6. The van der Waals surface area contributed by atoms with Gasteiger partial charge in [-0.05, 0) is 37.3 Å². The Balaban J connectivity index is 1.96. The Kier molecular flexibility index (Phi) is 7.93. The van der Waals surface area contributed by atoms with Crippen LogP contribution in [0.3, 0.4) is 0 Å². The number of rotatable bonds is 7. The first-order valence-electron chi connectivity index (χ1n) is 9.56. The SMILES string of the molecule is CC(C)CNC(=O)NC(=O)COC(=O)c1ccc(N2CCCCC2)c([N+](=O)[O-])c1. The fourth-order valence-electron chi connectivity index (χ4n) is 2.92. The number of imide groups is 1. The molecule has 0 unspecified atom stereocenters. The fraction of sp³-hybridized carbons (Fsp3) is 0.526. The van der Waals surface area contributed by atoms with Gasteiger partial charge < -0.3 is 15.0 Å². The summed E-state index contributed by atoms with van der Waals surface area (Å²) in [5.41, 5.74) is 0.249. The molecule has 1 saturated heterocycles. The van der Waals surface area contributed by atoms with Gasteiger partial charge in [0, 0.05) is 25.7 Å². The predicted molar refractivity (Wildman–Crippen MR) is 106 cm³/mol. The van der Waals surface area contributed by atoms with Crippen LogP contribution >= 0.6 is 0 Å². The van der Waals surface area contributed by atoms with Crippen LogP contribution in [-0.4, -0.2) is 49.1 Å². The number of nitro benzene ring substituents is 1. The quantitative estimate of drug-likeness (QED) is 0.403. The molecule has 0 bridgehead atoms. The Labute approximate surface area is 168 Å². The summed E-state index contributed by atoms with van der Waals surface area (Å²) in [6.07, 6.45) is 3.01. The van der Waals surface area contributed by atoms with Crippen LogP contribution in [-0.2, 0) is 9.53 Å². The first kappa shape index (κ1) is 22.1. The monoisotopic (exact) mass is 406 g/mol. The second kappa shape index (κ2) is 10.4. The predicted octanol–water partition coefficient (Wildman–Crippen LogP) is 2.22. The summed E-state index contributed by atoms with van der Waals surface area (Å²) in [4.78, 5) is 48.2. The van der Waals surface area contributed by atoms with E-state index >= 15 is 0 Å². The first-order chi connectivity index (χ1) is 13.8. The smallest absolute Gasteiger partial charge is 0.338 e. The normalized spacial score (nSPS) is 13.7. The van der Waals surface area contributed by atoms with Crippen molar-refractivity contribution >= 4 is 29.3 Å².